The smallest absolute Gasteiger partial charge is 0.332 e. The highest BCUT2D eigenvalue weighted by Crippen LogP contribution is 2.46. The highest BCUT2D eigenvalue weighted by molar-refractivity contribution is 6.00. The van der Waals surface area contributed by atoms with Crippen molar-refractivity contribution in [1.82, 2.24) is 14.8 Å². The average molecular weight is 512 g/mol. The third-order valence-corrected chi connectivity index (χ3v) is 7.64. The second kappa shape index (κ2) is 9.42. The van der Waals surface area contributed by atoms with Gasteiger partial charge < -0.3 is 23.9 Å². The number of nitrogens with zero attached hydrogens (tertiary/aromatic N) is 2. The maximum atomic E-state index is 16.3. The molecule has 0 saturated carbocycles. The molecule has 6 rings (SSSR count). The summed E-state index contributed by atoms with van der Waals surface area (Å²) in [6, 6.07) is 6.53. The fourth-order valence-electron chi connectivity index (χ4n) is 5.87. The highest BCUT2D eigenvalue weighted by atomic mass is 19.1. The number of H-pyrrole nitrogens is 1. The lowest BCUT2D eigenvalue weighted by Crippen LogP contribution is -2.32. The van der Waals surface area contributed by atoms with Crippen molar-refractivity contribution >= 4 is 27.8 Å². The molecule has 4 aromatic rings. The first kappa shape index (κ1) is 23.9. The number of fused-ring (bicyclic) bond motifs is 2. The predicted octanol–water partition coefficient (Wildman–Crippen LogP) is 5.03. The van der Waals surface area contributed by atoms with Gasteiger partial charge in [-0.1, -0.05) is 0 Å². The lowest BCUT2D eigenvalue weighted by molar-refractivity contribution is -0.153. The number of aromatic amines is 1. The molecule has 37 heavy (non-hydrogen) atoms. The number of aliphatic carboxylic acids is 1. The zero-order valence-electron chi connectivity index (χ0n) is 20.3. The van der Waals surface area contributed by atoms with E-state index in [1.807, 2.05) is 10.6 Å². The molecule has 2 aliphatic rings. The number of halogens is 2. The summed E-state index contributed by atoms with van der Waals surface area (Å²) in [5.41, 5.74) is 3.33. The Kier molecular flexibility index (Phi) is 6.08. The van der Waals surface area contributed by atoms with Gasteiger partial charge in [-0.15, -0.1) is 0 Å². The Bertz CT molecular complexity index is 1480. The summed E-state index contributed by atoms with van der Waals surface area (Å²) in [6.07, 6.45) is 3.07. The Hall–Kier alpha value is -3.50. The number of ether oxygens (including phenoxy) is 3. The van der Waals surface area contributed by atoms with Gasteiger partial charge in [0.05, 0.1) is 25.4 Å². The number of nitrogens with one attached hydrogen (secondary N) is 1. The zero-order valence-corrected chi connectivity index (χ0v) is 20.3. The first-order valence-electron chi connectivity index (χ1n) is 12.4. The Morgan fingerprint density at radius 1 is 1.16 bits per heavy atom. The summed E-state index contributed by atoms with van der Waals surface area (Å²) < 4.78 is 49.3. The molecule has 2 aromatic carbocycles. The highest BCUT2D eigenvalue weighted by Gasteiger charge is 2.36. The van der Waals surface area contributed by atoms with Gasteiger partial charge in [0.1, 0.15) is 5.52 Å². The van der Waals surface area contributed by atoms with E-state index in [9.17, 15) is 14.3 Å². The minimum absolute atomic E-state index is 0.0558. The number of carboxylic acids is 1. The van der Waals surface area contributed by atoms with Crippen LogP contribution < -0.4 is 4.74 Å². The van der Waals surface area contributed by atoms with Crippen molar-refractivity contribution in [3.63, 3.8) is 0 Å². The van der Waals surface area contributed by atoms with Gasteiger partial charge in [-0.3, -0.25) is 5.10 Å². The van der Waals surface area contributed by atoms with Gasteiger partial charge in [0, 0.05) is 53.3 Å². The van der Waals surface area contributed by atoms with Gasteiger partial charge in [-0.2, -0.15) is 5.10 Å². The van der Waals surface area contributed by atoms with E-state index < -0.39 is 23.7 Å². The Balaban J connectivity index is 1.66. The molecule has 0 unspecified atom stereocenters. The summed E-state index contributed by atoms with van der Waals surface area (Å²) in [5, 5.41) is 17.3. The summed E-state index contributed by atoms with van der Waals surface area (Å²) in [6.45, 7) is 1.32. The monoisotopic (exact) mass is 511 g/mol. The Morgan fingerprint density at radius 3 is 2.68 bits per heavy atom. The van der Waals surface area contributed by atoms with E-state index in [4.69, 9.17) is 14.2 Å². The maximum absolute atomic E-state index is 16.3. The van der Waals surface area contributed by atoms with E-state index in [1.54, 1.807) is 18.3 Å². The summed E-state index contributed by atoms with van der Waals surface area (Å²) in [5.74, 6) is -1.96. The van der Waals surface area contributed by atoms with Crippen LogP contribution in [0, 0.1) is 11.6 Å². The second-order valence-electron chi connectivity index (χ2n) is 9.69. The van der Waals surface area contributed by atoms with E-state index in [2.05, 4.69) is 10.2 Å². The molecule has 2 aliphatic heterocycles. The van der Waals surface area contributed by atoms with Gasteiger partial charge >= 0.3 is 5.97 Å². The molecule has 10 heteroatoms. The number of hydrogen-bond acceptors (Lipinski definition) is 5. The normalized spacial score (nSPS) is 21.1. The van der Waals surface area contributed by atoms with Crippen LogP contribution in [0.4, 0.5) is 8.78 Å². The van der Waals surface area contributed by atoms with Crippen LogP contribution in [-0.2, 0) is 14.3 Å². The topological polar surface area (TPSA) is 98.6 Å². The quantitative estimate of drug-likeness (QED) is 0.390. The second-order valence-corrected chi connectivity index (χ2v) is 9.69. The molecule has 194 valence electrons. The van der Waals surface area contributed by atoms with Crippen LogP contribution >= 0.6 is 0 Å². The van der Waals surface area contributed by atoms with Crippen molar-refractivity contribution in [2.24, 2.45) is 0 Å². The molecule has 0 spiro atoms. The molecule has 2 atom stereocenters. The first-order chi connectivity index (χ1) is 18.0. The van der Waals surface area contributed by atoms with Crippen molar-refractivity contribution < 1.29 is 32.9 Å². The first-order valence-corrected chi connectivity index (χ1v) is 12.4. The van der Waals surface area contributed by atoms with Crippen molar-refractivity contribution in [1.29, 1.82) is 0 Å². The van der Waals surface area contributed by atoms with E-state index in [0.29, 0.717) is 53.5 Å². The van der Waals surface area contributed by atoms with Crippen LogP contribution in [0.1, 0.15) is 48.8 Å². The summed E-state index contributed by atoms with van der Waals surface area (Å²) in [4.78, 5) is 11.5. The van der Waals surface area contributed by atoms with E-state index in [-0.39, 0.29) is 24.2 Å². The minimum Gasteiger partial charge on any atom is -0.494 e. The lowest BCUT2D eigenvalue weighted by Gasteiger charge is -2.31. The molecule has 2 saturated heterocycles. The summed E-state index contributed by atoms with van der Waals surface area (Å²) in [7, 11) is 1.41. The molecule has 0 aliphatic carbocycles. The molecule has 8 nitrogen and oxygen atoms in total. The minimum atomic E-state index is -0.991. The molecule has 4 heterocycles. The SMILES string of the molecule is COc1cc(-n2c(C3CCOCC3)c([C@@H]3CC[C@@H](C(=O)O)OC3)c3c(F)c4[nH]ncc4cc32)ccc1F. The average Bonchev–Trinajstić information content (AvgIpc) is 3.53. The largest absolute Gasteiger partial charge is 0.494 e. The fraction of sp³-hybridized carbons (Fsp3) is 0.407. The van der Waals surface area contributed by atoms with Crippen molar-refractivity contribution in [2.75, 3.05) is 26.9 Å². The van der Waals surface area contributed by atoms with Crippen LogP contribution in [0.25, 0.3) is 27.5 Å². The van der Waals surface area contributed by atoms with Crippen LogP contribution in [-0.4, -0.2) is 58.9 Å². The number of methoxy groups -OCH3 is 1. The van der Waals surface area contributed by atoms with Gasteiger partial charge in [0.2, 0.25) is 0 Å². The Labute approximate surface area is 211 Å². The van der Waals surface area contributed by atoms with Crippen molar-refractivity contribution in [3.05, 3.63) is 53.4 Å². The number of rotatable bonds is 5. The number of carbonyl (C=O) groups is 1. The molecule has 0 radical (unpaired) electrons. The van der Waals surface area contributed by atoms with Crippen LogP contribution in [0.5, 0.6) is 5.75 Å². The maximum Gasteiger partial charge on any atom is 0.332 e. The van der Waals surface area contributed by atoms with Gasteiger partial charge in [0.15, 0.2) is 23.5 Å². The molecule has 0 amide bonds. The molecular weight excluding hydrogens is 484 g/mol. The molecule has 2 fully saturated rings. The zero-order chi connectivity index (χ0) is 25.7. The van der Waals surface area contributed by atoms with Gasteiger partial charge in [-0.25, -0.2) is 13.6 Å². The van der Waals surface area contributed by atoms with Gasteiger partial charge in [0.25, 0.3) is 0 Å². The van der Waals surface area contributed by atoms with Gasteiger partial charge in [-0.05, 0) is 49.4 Å². The third-order valence-electron chi connectivity index (χ3n) is 7.64. The fourth-order valence-corrected chi connectivity index (χ4v) is 5.87. The number of carboxylic acid groups (broad SMARTS) is 1. The molecule has 2 aromatic heterocycles. The van der Waals surface area contributed by atoms with Crippen molar-refractivity contribution in [3.8, 4) is 11.4 Å². The lowest BCUT2D eigenvalue weighted by atomic mass is 9.84. The van der Waals surface area contributed by atoms with E-state index in [1.165, 1.54) is 13.2 Å². The standard InChI is InChI=1S/C27H27F2N3O5/c1-35-21-11-17(3-4-18(21)28)32-19-10-16-12-30-31-25(16)24(29)23(19)22(26(32)14-6-8-36-9-7-14)15-2-5-20(27(33)34)37-13-15/h3-4,10-12,14-15,20H,2,5-9,13H2,1H3,(H,30,31)(H,33,34)/t15-,20+/m1/s1. The molecule has 0 bridgehead atoms. The van der Waals surface area contributed by atoms with E-state index >= 15 is 4.39 Å². The third kappa shape index (κ3) is 3.95. The molecule has 2 N–H and O–H groups in total. The number of aromatic nitrogens is 3. The summed E-state index contributed by atoms with van der Waals surface area (Å²) >= 11 is 0. The van der Waals surface area contributed by atoms with E-state index in [0.717, 1.165) is 24.1 Å². The number of hydrogen-bond donors (Lipinski definition) is 2. The predicted molar refractivity (Wildman–Crippen MR) is 132 cm³/mol. The van der Waals surface area contributed by atoms with Crippen molar-refractivity contribution in [2.45, 2.75) is 43.6 Å². The van der Waals surface area contributed by atoms with Crippen LogP contribution in [0.2, 0.25) is 0 Å². The number of benzene rings is 2. The molecular formula is C27H27F2N3O5. The Morgan fingerprint density at radius 2 is 1.97 bits per heavy atom. The van der Waals surface area contributed by atoms with Crippen LogP contribution in [0.15, 0.2) is 30.5 Å². The van der Waals surface area contributed by atoms with Crippen LogP contribution in [0.3, 0.4) is 0 Å².